The van der Waals surface area contributed by atoms with E-state index in [1.165, 1.54) is 23.3 Å². The lowest BCUT2D eigenvalue weighted by molar-refractivity contribution is -0.112. The van der Waals surface area contributed by atoms with Gasteiger partial charge in [-0.05, 0) is 50.5 Å². The van der Waals surface area contributed by atoms with E-state index in [1.54, 1.807) is 11.3 Å². The monoisotopic (exact) mass is 343 g/mol. The lowest BCUT2D eigenvalue weighted by atomic mass is 9.95. The van der Waals surface area contributed by atoms with Gasteiger partial charge >= 0.3 is 0 Å². The standard InChI is InChI=1S/C18H21N3O2S/c1-2-14-19-17(23-21-14)15-12-9-5-6-10-13(12)24-18(15)20-16(22)11-7-3-4-8-11/h7H,2-6,8-10H2,1H3,(H,20,22). The van der Waals surface area contributed by atoms with E-state index in [0.29, 0.717) is 11.7 Å². The summed E-state index contributed by atoms with van der Waals surface area (Å²) >= 11 is 1.67. The fourth-order valence-corrected chi connectivity index (χ4v) is 4.72. The zero-order chi connectivity index (χ0) is 16.5. The molecule has 2 aliphatic carbocycles. The first-order valence-corrected chi connectivity index (χ1v) is 9.55. The highest BCUT2D eigenvalue weighted by molar-refractivity contribution is 7.17. The van der Waals surface area contributed by atoms with Crippen molar-refractivity contribution >= 4 is 22.2 Å². The third-order valence-corrected chi connectivity index (χ3v) is 5.94. The molecule has 0 saturated heterocycles. The van der Waals surface area contributed by atoms with Gasteiger partial charge in [-0.15, -0.1) is 11.3 Å². The van der Waals surface area contributed by atoms with Crippen LogP contribution in [0, 0.1) is 0 Å². The Hall–Kier alpha value is -1.95. The van der Waals surface area contributed by atoms with Gasteiger partial charge in [0.1, 0.15) is 5.00 Å². The maximum atomic E-state index is 12.5. The van der Waals surface area contributed by atoms with Gasteiger partial charge < -0.3 is 9.84 Å². The Kier molecular flexibility index (Phi) is 4.22. The second-order valence-corrected chi connectivity index (χ2v) is 7.47. The van der Waals surface area contributed by atoms with Crippen LogP contribution in [0.5, 0.6) is 0 Å². The molecule has 0 aromatic carbocycles. The fraction of sp³-hybridized carbons (Fsp3) is 0.500. The molecular weight excluding hydrogens is 322 g/mol. The molecule has 0 fully saturated rings. The Balaban J connectivity index is 1.72. The number of hydrogen-bond acceptors (Lipinski definition) is 5. The summed E-state index contributed by atoms with van der Waals surface area (Å²) in [5, 5.41) is 8.02. The molecule has 6 heteroatoms. The molecule has 1 N–H and O–H groups in total. The highest BCUT2D eigenvalue weighted by Crippen LogP contribution is 2.44. The topological polar surface area (TPSA) is 68.0 Å². The van der Waals surface area contributed by atoms with Crippen LogP contribution in [0.1, 0.15) is 55.3 Å². The number of carbonyl (C=O) groups is 1. The van der Waals surface area contributed by atoms with Crippen LogP contribution in [0.3, 0.4) is 0 Å². The van der Waals surface area contributed by atoms with Gasteiger partial charge in [-0.1, -0.05) is 18.2 Å². The van der Waals surface area contributed by atoms with E-state index in [-0.39, 0.29) is 5.91 Å². The van der Waals surface area contributed by atoms with Crippen LogP contribution in [-0.2, 0) is 24.1 Å². The van der Waals surface area contributed by atoms with E-state index in [0.717, 1.165) is 54.7 Å². The Bertz CT molecular complexity index is 803. The molecule has 5 nitrogen and oxygen atoms in total. The van der Waals surface area contributed by atoms with Crippen molar-refractivity contribution in [3.63, 3.8) is 0 Å². The van der Waals surface area contributed by atoms with Gasteiger partial charge in [-0.2, -0.15) is 4.98 Å². The predicted molar refractivity (Wildman–Crippen MR) is 94.2 cm³/mol. The summed E-state index contributed by atoms with van der Waals surface area (Å²) in [6.45, 7) is 2.01. The number of hydrogen-bond donors (Lipinski definition) is 1. The quantitative estimate of drug-likeness (QED) is 0.899. The smallest absolute Gasteiger partial charge is 0.261 e. The van der Waals surface area contributed by atoms with Crippen LogP contribution in [0.4, 0.5) is 5.00 Å². The van der Waals surface area contributed by atoms with Crippen LogP contribution in [-0.4, -0.2) is 16.0 Å². The molecular formula is C18H21N3O2S. The second kappa shape index (κ2) is 6.51. The summed E-state index contributed by atoms with van der Waals surface area (Å²) in [4.78, 5) is 18.4. The zero-order valence-electron chi connectivity index (χ0n) is 13.9. The predicted octanol–water partition coefficient (Wildman–Crippen LogP) is 4.29. The van der Waals surface area contributed by atoms with Crippen molar-refractivity contribution in [2.45, 2.75) is 58.3 Å². The molecule has 1 amide bonds. The number of anilines is 1. The summed E-state index contributed by atoms with van der Waals surface area (Å²) in [7, 11) is 0. The maximum Gasteiger partial charge on any atom is 0.261 e. The number of nitrogens with zero attached hydrogens (tertiary/aromatic N) is 2. The van der Waals surface area contributed by atoms with Crippen LogP contribution in [0.25, 0.3) is 11.5 Å². The number of nitrogens with one attached hydrogen (secondary N) is 1. The van der Waals surface area contributed by atoms with Crippen LogP contribution < -0.4 is 5.32 Å². The van der Waals surface area contributed by atoms with E-state index in [4.69, 9.17) is 4.52 Å². The van der Waals surface area contributed by atoms with Gasteiger partial charge in [-0.25, -0.2) is 0 Å². The largest absolute Gasteiger partial charge is 0.334 e. The molecule has 0 unspecified atom stereocenters. The third kappa shape index (κ3) is 2.79. The van der Waals surface area contributed by atoms with Crippen LogP contribution >= 0.6 is 11.3 Å². The molecule has 24 heavy (non-hydrogen) atoms. The molecule has 0 bridgehead atoms. The number of thiophene rings is 1. The lowest BCUT2D eigenvalue weighted by Crippen LogP contribution is -2.13. The van der Waals surface area contributed by atoms with E-state index in [9.17, 15) is 4.79 Å². The SMILES string of the molecule is CCc1noc(-c2c(NC(=O)C3=CCCC3)sc3c2CCCC3)n1. The number of amides is 1. The normalized spacial score (nSPS) is 16.8. The molecule has 0 atom stereocenters. The van der Waals surface area contributed by atoms with Gasteiger partial charge in [0, 0.05) is 16.9 Å². The van der Waals surface area contributed by atoms with Crippen molar-refractivity contribution in [2.75, 3.05) is 5.32 Å². The molecule has 0 radical (unpaired) electrons. The van der Waals surface area contributed by atoms with Crippen molar-refractivity contribution in [2.24, 2.45) is 0 Å². The average molecular weight is 343 g/mol. The van der Waals surface area contributed by atoms with Gasteiger partial charge in [0.05, 0.1) is 5.56 Å². The molecule has 0 spiro atoms. The Labute approximate surface area is 145 Å². The number of rotatable bonds is 4. The fourth-order valence-electron chi connectivity index (χ4n) is 3.44. The highest BCUT2D eigenvalue weighted by atomic mass is 32.1. The zero-order valence-corrected chi connectivity index (χ0v) is 14.7. The highest BCUT2D eigenvalue weighted by Gasteiger charge is 2.27. The van der Waals surface area contributed by atoms with E-state index in [1.807, 2.05) is 13.0 Å². The Morgan fingerprint density at radius 3 is 2.92 bits per heavy atom. The minimum atomic E-state index is 0.0163. The molecule has 0 saturated carbocycles. The molecule has 2 aromatic rings. The maximum absolute atomic E-state index is 12.5. The average Bonchev–Trinajstić information content (AvgIpc) is 3.33. The van der Waals surface area contributed by atoms with Gasteiger partial charge in [0.2, 0.25) is 0 Å². The molecule has 2 aromatic heterocycles. The van der Waals surface area contributed by atoms with Crippen molar-refractivity contribution in [3.05, 3.63) is 27.9 Å². The first kappa shape index (κ1) is 15.6. The minimum Gasteiger partial charge on any atom is -0.334 e. The summed E-state index contributed by atoms with van der Waals surface area (Å²) in [6.07, 6.45) is 10.2. The minimum absolute atomic E-state index is 0.0163. The Morgan fingerprint density at radius 1 is 1.29 bits per heavy atom. The number of aromatic nitrogens is 2. The summed E-state index contributed by atoms with van der Waals surface area (Å²) in [6, 6.07) is 0. The summed E-state index contributed by atoms with van der Waals surface area (Å²) < 4.78 is 5.49. The first-order chi connectivity index (χ1) is 11.8. The Morgan fingerprint density at radius 2 is 2.17 bits per heavy atom. The van der Waals surface area contributed by atoms with Gasteiger partial charge in [-0.3, -0.25) is 4.79 Å². The van der Waals surface area contributed by atoms with Crippen molar-refractivity contribution < 1.29 is 9.32 Å². The molecule has 4 rings (SSSR count). The lowest BCUT2D eigenvalue weighted by Gasteiger charge is -2.11. The first-order valence-electron chi connectivity index (χ1n) is 8.74. The number of aryl methyl sites for hydroxylation is 2. The summed E-state index contributed by atoms with van der Waals surface area (Å²) in [5.41, 5.74) is 3.13. The van der Waals surface area contributed by atoms with Gasteiger partial charge in [0.25, 0.3) is 11.8 Å². The van der Waals surface area contributed by atoms with Crippen molar-refractivity contribution in [1.29, 1.82) is 0 Å². The van der Waals surface area contributed by atoms with Gasteiger partial charge in [0.15, 0.2) is 5.82 Å². The summed E-state index contributed by atoms with van der Waals surface area (Å²) in [5.74, 6) is 1.26. The third-order valence-electron chi connectivity index (χ3n) is 4.73. The number of fused-ring (bicyclic) bond motifs is 1. The van der Waals surface area contributed by atoms with E-state index < -0.39 is 0 Å². The number of carbonyl (C=O) groups excluding carboxylic acids is 1. The van der Waals surface area contributed by atoms with Crippen LogP contribution in [0.15, 0.2) is 16.2 Å². The van der Waals surface area contributed by atoms with E-state index in [2.05, 4.69) is 15.5 Å². The van der Waals surface area contributed by atoms with Crippen molar-refractivity contribution in [1.82, 2.24) is 10.1 Å². The second-order valence-electron chi connectivity index (χ2n) is 6.36. The molecule has 2 heterocycles. The molecule has 0 aliphatic heterocycles. The van der Waals surface area contributed by atoms with E-state index >= 15 is 0 Å². The van der Waals surface area contributed by atoms with Crippen LogP contribution in [0.2, 0.25) is 0 Å². The number of allylic oxidation sites excluding steroid dienone is 1. The van der Waals surface area contributed by atoms with Crippen molar-refractivity contribution in [3.8, 4) is 11.5 Å². The molecule has 126 valence electrons. The molecule has 2 aliphatic rings.